The lowest BCUT2D eigenvalue weighted by molar-refractivity contribution is -0.130. The number of ether oxygens (including phenoxy) is 1. The summed E-state index contributed by atoms with van der Waals surface area (Å²) in [5.41, 5.74) is 1.17. The highest BCUT2D eigenvalue weighted by Crippen LogP contribution is 2.12. The Labute approximate surface area is 151 Å². The van der Waals surface area contributed by atoms with Gasteiger partial charge in [0.15, 0.2) is 5.96 Å². The number of guanidine groups is 1. The first-order valence-electron chi connectivity index (χ1n) is 8.95. The van der Waals surface area contributed by atoms with Crippen LogP contribution in [-0.4, -0.2) is 62.0 Å². The van der Waals surface area contributed by atoms with Crippen LogP contribution < -0.4 is 10.1 Å². The molecule has 6 heteroatoms. The van der Waals surface area contributed by atoms with Crippen molar-refractivity contribution in [3.05, 3.63) is 29.8 Å². The summed E-state index contributed by atoms with van der Waals surface area (Å²) in [5.74, 6) is 1.81. The van der Waals surface area contributed by atoms with Gasteiger partial charge in [-0.1, -0.05) is 12.1 Å². The van der Waals surface area contributed by atoms with Crippen molar-refractivity contribution in [3.8, 4) is 5.75 Å². The first kappa shape index (κ1) is 20.8. The third kappa shape index (κ3) is 7.03. The van der Waals surface area contributed by atoms with Gasteiger partial charge in [-0.2, -0.15) is 0 Å². The van der Waals surface area contributed by atoms with Crippen LogP contribution in [0.5, 0.6) is 5.75 Å². The van der Waals surface area contributed by atoms with Gasteiger partial charge < -0.3 is 19.9 Å². The van der Waals surface area contributed by atoms with Gasteiger partial charge in [0.1, 0.15) is 5.75 Å². The Kier molecular flexibility index (Phi) is 9.43. The zero-order valence-electron chi connectivity index (χ0n) is 16.2. The van der Waals surface area contributed by atoms with Crippen LogP contribution in [0.4, 0.5) is 0 Å². The molecule has 25 heavy (non-hydrogen) atoms. The highest BCUT2D eigenvalue weighted by molar-refractivity contribution is 5.80. The molecule has 0 aromatic heterocycles. The monoisotopic (exact) mass is 348 g/mol. The molecule has 1 amide bonds. The smallest absolute Gasteiger partial charge is 0.224 e. The van der Waals surface area contributed by atoms with Crippen LogP contribution in [-0.2, 0) is 11.3 Å². The third-order valence-corrected chi connectivity index (χ3v) is 3.98. The average Bonchev–Trinajstić information content (AvgIpc) is 2.62. The Bertz CT molecular complexity index is 539. The summed E-state index contributed by atoms with van der Waals surface area (Å²) in [7, 11) is 3.66. The fourth-order valence-electron chi connectivity index (χ4n) is 2.54. The van der Waals surface area contributed by atoms with Crippen molar-refractivity contribution < 1.29 is 9.53 Å². The van der Waals surface area contributed by atoms with Crippen molar-refractivity contribution in [1.29, 1.82) is 0 Å². The summed E-state index contributed by atoms with van der Waals surface area (Å²) in [5, 5.41) is 3.28. The minimum atomic E-state index is 0.155. The molecule has 1 rings (SSSR count). The van der Waals surface area contributed by atoms with Gasteiger partial charge in [-0.15, -0.1) is 0 Å². The molecule has 0 aliphatic rings. The lowest BCUT2D eigenvalue weighted by atomic mass is 10.2. The fourth-order valence-corrected chi connectivity index (χ4v) is 2.54. The molecule has 6 nitrogen and oxygen atoms in total. The van der Waals surface area contributed by atoms with E-state index in [9.17, 15) is 4.79 Å². The molecule has 140 valence electrons. The third-order valence-electron chi connectivity index (χ3n) is 3.98. The van der Waals surface area contributed by atoms with Gasteiger partial charge in [0, 0.05) is 39.6 Å². The zero-order valence-corrected chi connectivity index (χ0v) is 16.2. The molecule has 1 aromatic carbocycles. The largest absolute Gasteiger partial charge is 0.497 e. The van der Waals surface area contributed by atoms with E-state index < -0.39 is 0 Å². The molecule has 0 fully saturated rings. The number of methoxy groups -OCH3 is 1. The highest BCUT2D eigenvalue weighted by Gasteiger charge is 2.10. The van der Waals surface area contributed by atoms with Crippen molar-refractivity contribution in [2.75, 3.05) is 40.3 Å². The first-order valence-corrected chi connectivity index (χ1v) is 8.95. The minimum absolute atomic E-state index is 0.155. The first-order chi connectivity index (χ1) is 12.0. The summed E-state index contributed by atoms with van der Waals surface area (Å²) in [6.07, 6.45) is 0.437. The van der Waals surface area contributed by atoms with Crippen LogP contribution in [0.1, 0.15) is 32.8 Å². The van der Waals surface area contributed by atoms with Crippen LogP contribution in [0.2, 0.25) is 0 Å². The normalized spacial score (nSPS) is 11.2. The fraction of sp³-hybridized carbons (Fsp3) is 0.579. The topological polar surface area (TPSA) is 57.2 Å². The highest BCUT2D eigenvalue weighted by atomic mass is 16.5. The van der Waals surface area contributed by atoms with Crippen molar-refractivity contribution in [1.82, 2.24) is 15.1 Å². The van der Waals surface area contributed by atoms with E-state index in [0.29, 0.717) is 13.0 Å². The van der Waals surface area contributed by atoms with E-state index in [4.69, 9.17) is 4.74 Å². The average molecular weight is 348 g/mol. The van der Waals surface area contributed by atoms with E-state index in [0.717, 1.165) is 37.9 Å². The number of nitrogens with zero attached hydrogens (tertiary/aromatic N) is 3. The molecule has 0 atom stereocenters. The summed E-state index contributed by atoms with van der Waals surface area (Å²) >= 11 is 0. The number of carbonyl (C=O) groups is 1. The standard InChI is InChI=1S/C19H32N4O2/c1-6-20-19(21-14-13-18(24)23(7-2)8-3)22(4)15-16-9-11-17(25-5)12-10-16/h9-12H,6-8,13-15H2,1-5H3,(H,20,21). The Morgan fingerprint density at radius 2 is 1.80 bits per heavy atom. The number of hydrogen-bond donors (Lipinski definition) is 1. The molecule has 1 aromatic rings. The van der Waals surface area contributed by atoms with E-state index in [-0.39, 0.29) is 5.91 Å². The van der Waals surface area contributed by atoms with Gasteiger partial charge in [0.25, 0.3) is 0 Å². The second-order valence-corrected chi connectivity index (χ2v) is 5.76. The van der Waals surface area contributed by atoms with Crippen LogP contribution in [0.15, 0.2) is 29.3 Å². The second kappa shape index (κ2) is 11.3. The molecule has 0 bridgehead atoms. The van der Waals surface area contributed by atoms with Crippen LogP contribution in [0, 0.1) is 0 Å². The SMILES string of the molecule is CCNC(=NCCC(=O)N(CC)CC)N(C)Cc1ccc(OC)cc1. The van der Waals surface area contributed by atoms with Gasteiger partial charge in [-0.3, -0.25) is 9.79 Å². The Morgan fingerprint density at radius 1 is 1.16 bits per heavy atom. The van der Waals surface area contributed by atoms with Crippen LogP contribution in [0.3, 0.4) is 0 Å². The summed E-state index contributed by atoms with van der Waals surface area (Å²) in [4.78, 5) is 20.6. The quantitative estimate of drug-likeness (QED) is 0.550. The molecular formula is C19H32N4O2. The predicted octanol–water partition coefficient (Wildman–Crippen LogP) is 2.35. The lowest BCUT2D eigenvalue weighted by Gasteiger charge is -2.22. The number of benzene rings is 1. The van der Waals surface area contributed by atoms with Crippen LogP contribution >= 0.6 is 0 Å². The zero-order chi connectivity index (χ0) is 18.7. The molecule has 0 radical (unpaired) electrons. The minimum Gasteiger partial charge on any atom is -0.497 e. The predicted molar refractivity (Wildman–Crippen MR) is 103 cm³/mol. The molecule has 0 aliphatic carbocycles. The molecule has 1 N–H and O–H groups in total. The number of rotatable bonds is 9. The maximum Gasteiger partial charge on any atom is 0.224 e. The summed E-state index contributed by atoms with van der Waals surface area (Å²) < 4.78 is 5.19. The van der Waals surface area contributed by atoms with Crippen molar-refractivity contribution in [2.45, 2.75) is 33.7 Å². The lowest BCUT2D eigenvalue weighted by Crippen LogP contribution is -2.39. The van der Waals surface area contributed by atoms with E-state index >= 15 is 0 Å². The number of carbonyl (C=O) groups excluding carboxylic acids is 1. The molecule has 0 spiro atoms. The number of amides is 1. The Balaban J connectivity index is 2.64. The van der Waals surface area contributed by atoms with Gasteiger partial charge in [-0.05, 0) is 38.5 Å². The van der Waals surface area contributed by atoms with Gasteiger partial charge >= 0.3 is 0 Å². The van der Waals surface area contributed by atoms with Crippen molar-refractivity contribution in [2.24, 2.45) is 4.99 Å². The molecular weight excluding hydrogens is 316 g/mol. The summed E-state index contributed by atoms with van der Waals surface area (Å²) in [6, 6.07) is 8.00. The number of aliphatic imine (C=N–C) groups is 1. The van der Waals surface area contributed by atoms with Gasteiger partial charge in [0.05, 0.1) is 13.7 Å². The van der Waals surface area contributed by atoms with E-state index in [1.807, 2.05) is 57.0 Å². The molecule has 0 aliphatic heterocycles. The van der Waals surface area contributed by atoms with Crippen LogP contribution in [0.25, 0.3) is 0 Å². The van der Waals surface area contributed by atoms with Crippen molar-refractivity contribution >= 4 is 11.9 Å². The second-order valence-electron chi connectivity index (χ2n) is 5.76. The van der Waals surface area contributed by atoms with E-state index in [1.165, 1.54) is 5.56 Å². The molecule has 0 saturated carbocycles. The Morgan fingerprint density at radius 3 is 2.32 bits per heavy atom. The van der Waals surface area contributed by atoms with Crippen molar-refractivity contribution in [3.63, 3.8) is 0 Å². The molecule has 0 saturated heterocycles. The van der Waals surface area contributed by atoms with E-state index in [2.05, 4.69) is 15.2 Å². The molecule has 0 heterocycles. The maximum absolute atomic E-state index is 12.1. The number of nitrogens with one attached hydrogen (secondary N) is 1. The Hall–Kier alpha value is -2.24. The van der Waals surface area contributed by atoms with E-state index in [1.54, 1.807) is 7.11 Å². The summed E-state index contributed by atoms with van der Waals surface area (Å²) in [6.45, 7) is 9.54. The number of hydrogen-bond acceptors (Lipinski definition) is 3. The molecule has 0 unspecified atom stereocenters. The van der Waals surface area contributed by atoms with Gasteiger partial charge in [0.2, 0.25) is 5.91 Å². The maximum atomic E-state index is 12.1. The van der Waals surface area contributed by atoms with Gasteiger partial charge in [-0.25, -0.2) is 0 Å².